The summed E-state index contributed by atoms with van der Waals surface area (Å²) in [4.78, 5) is 15.5. The van der Waals surface area contributed by atoms with Crippen molar-refractivity contribution in [3.05, 3.63) is 49.1 Å². The zero-order chi connectivity index (χ0) is 14.1. The Kier molecular flexibility index (Phi) is 2.90. The van der Waals surface area contributed by atoms with E-state index in [2.05, 4.69) is 31.8 Å². The Morgan fingerprint density at radius 3 is 2.95 bits per heavy atom. The van der Waals surface area contributed by atoms with E-state index in [4.69, 9.17) is 0 Å². The highest BCUT2D eigenvalue weighted by Crippen LogP contribution is 2.28. The second-order valence-corrected chi connectivity index (χ2v) is 4.28. The minimum absolute atomic E-state index is 0.149. The fourth-order valence-corrected chi connectivity index (χ4v) is 2.02. The van der Waals surface area contributed by atoms with Crippen molar-refractivity contribution in [3.8, 4) is 11.1 Å². The first-order valence-corrected chi connectivity index (χ1v) is 6.03. The van der Waals surface area contributed by atoms with Crippen LogP contribution >= 0.6 is 0 Å². The van der Waals surface area contributed by atoms with E-state index in [0.717, 1.165) is 16.6 Å². The van der Waals surface area contributed by atoms with Crippen LogP contribution in [0.3, 0.4) is 0 Å². The summed E-state index contributed by atoms with van der Waals surface area (Å²) in [5.74, 6) is 0.390. The van der Waals surface area contributed by atoms with Gasteiger partial charge in [-0.1, -0.05) is 6.58 Å². The van der Waals surface area contributed by atoms with E-state index in [1.54, 1.807) is 18.6 Å². The Morgan fingerprint density at radius 2 is 2.20 bits per heavy atom. The molecule has 5 nitrogen and oxygen atoms in total. The van der Waals surface area contributed by atoms with Crippen LogP contribution in [-0.4, -0.2) is 19.9 Å². The third kappa shape index (κ3) is 2.01. The number of H-pyrrole nitrogens is 1. The van der Waals surface area contributed by atoms with Crippen LogP contribution in [-0.2, 0) is 0 Å². The minimum Gasteiger partial charge on any atom is -0.345 e. The summed E-state index contributed by atoms with van der Waals surface area (Å²) < 4.78 is 13.9. The van der Waals surface area contributed by atoms with Crippen LogP contribution in [0.25, 0.3) is 22.2 Å². The lowest BCUT2D eigenvalue weighted by atomic mass is 10.1. The molecule has 0 aliphatic carbocycles. The highest BCUT2D eigenvalue weighted by atomic mass is 19.1. The molecule has 3 rings (SSSR count). The molecule has 100 valence electrons. The van der Waals surface area contributed by atoms with Crippen molar-refractivity contribution in [3.63, 3.8) is 0 Å². The van der Waals surface area contributed by atoms with Crippen molar-refractivity contribution in [2.45, 2.75) is 6.92 Å². The molecule has 3 aromatic heterocycles. The molecular weight excluding hydrogens is 257 g/mol. The van der Waals surface area contributed by atoms with E-state index in [1.807, 2.05) is 6.92 Å². The predicted octanol–water partition coefficient (Wildman–Crippen LogP) is 3.02. The van der Waals surface area contributed by atoms with E-state index in [9.17, 15) is 4.39 Å². The Labute approximate surface area is 114 Å². The average molecular weight is 269 g/mol. The maximum Gasteiger partial charge on any atom is 0.166 e. The normalized spacial score (nSPS) is 10.7. The lowest BCUT2D eigenvalue weighted by Crippen LogP contribution is -1.95. The summed E-state index contributed by atoms with van der Waals surface area (Å²) in [7, 11) is 0. The Balaban J connectivity index is 2.11. The number of hydrogen-bond donors (Lipinski definition) is 2. The molecule has 20 heavy (non-hydrogen) atoms. The van der Waals surface area contributed by atoms with Gasteiger partial charge >= 0.3 is 0 Å². The molecular formula is C14H12FN5. The Bertz CT molecular complexity index is 793. The lowest BCUT2D eigenvalue weighted by molar-refractivity contribution is 0.627. The van der Waals surface area contributed by atoms with Gasteiger partial charge in [-0.15, -0.1) is 0 Å². The zero-order valence-electron chi connectivity index (χ0n) is 10.8. The second kappa shape index (κ2) is 4.73. The fraction of sp³-hybridized carbons (Fsp3) is 0.0714. The molecule has 0 unspecified atom stereocenters. The van der Waals surface area contributed by atoms with E-state index < -0.39 is 5.82 Å². The van der Waals surface area contributed by atoms with Gasteiger partial charge in [-0.25, -0.2) is 19.3 Å². The van der Waals surface area contributed by atoms with Crippen LogP contribution in [0.1, 0.15) is 5.82 Å². The third-order valence-electron chi connectivity index (χ3n) is 2.94. The summed E-state index contributed by atoms with van der Waals surface area (Å²) in [6, 6.07) is 1.42. The molecule has 3 aromatic rings. The second-order valence-electron chi connectivity index (χ2n) is 4.28. The number of nitrogens with one attached hydrogen (secondary N) is 2. The molecule has 0 radical (unpaired) electrons. The maximum absolute atomic E-state index is 13.9. The molecule has 0 saturated carbocycles. The number of halogens is 1. The third-order valence-corrected chi connectivity index (χ3v) is 2.94. The number of aromatic nitrogens is 4. The highest BCUT2D eigenvalue weighted by molar-refractivity contribution is 5.92. The first-order chi connectivity index (χ1) is 9.69. The number of rotatable bonds is 3. The Hall–Kier alpha value is -2.76. The van der Waals surface area contributed by atoms with Gasteiger partial charge in [-0.05, 0) is 19.2 Å². The number of aromatic amines is 1. The fourth-order valence-electron chi connectivity index (χ4n) is 2.02. The van der Waals surface area contributed by atoms with Crippen molar-refractivity contribution in [2.24, 2.45) is 0 Å². The molecule has 0 aliphatic rings. The van der Waals surface area contributed by atoms with Gasteiger partial charge in [0.05, 0.1) is 0 Å². The summed E-state index contributed by atoms with van der Waals surface area (Å²) >= 11 is 0. The van der Waals surface area contributed by atoms with Crippen molar-refractivity contribution < 1.29 is 4.39 Å². The van der Waals surface area contributed by atoms with Gasteiger partial charge < -0.3 is 10.3 Å². The topological polar surface area (TPSA) is 66.5 Å². The van der Waals surface area contributed by atoms with Crippen LogP contribution in [0.15, 0.2) is 37.4 Å². The van der Waals surface area contributed by atoms with Gasteiger partial charge in [0.15, 0.2) is 11.6 Å². The van der Waals surface area contributed by atoms with Crippen molar-refractivity contribution in [2.75, 3.05) is 5.32 Å². The highest BCUT2D eigenvalue weighted by Gasteiger charge is 2.11. The van der Waals surface area contributed by atoms with Crippen LogP contribution in [0.4, 0.5) is 10.2 Å². The number of hydrogen-bond acceptors (Lipinski definition) is 4. The average Bonchev–Trinajstić information content (AvgIpc) is 2.84. The minimum atomic E-state index is -0.440. The molecule has 0 aromatic carbocycles. The zero-order valence-corrected chi connectivity index (χ0v) is 10.8. The molecule has 3 heterocycles. The van der Waals surface area contributed by atoms with Crippen LogP contribution in [0.5, 0.6) is 0 Å². The smallest absolute Gasteiger partial charge is 0.166 e. The van der Waals surface area contributed by atoms with Gasteiger partial charge in [0.2, 0.25) is 0 Å². The van der Waals surface area contributed by atoms with Crippen LogP contribution < -0.4 is 5.32 Å². The standard InChI is InChI=1S/C14H12FN5/c1-3-16-14-12(15)4-9(5-18-14)10-6-19-13-11(10)7-17-8(2)20-13/h3-7H,1H2,2H3,(H,16,18)(H,17,19,20). The molecule has 0 aliphatic heterocycles. The monoisotopic (exact) mass is 269 g/mol. The number of anilines is 1. The Morgan fingerprint density at radius 1 is 1.35 bits per heavy atom. The predicted molar refractivity (Wildman–Crippen MR) is 75.6 cm³/mol. The largest absolute Gasteiger partial charge is 0.345 e. The lowest BCUT2D eigenvalue weighted by Gasteiger charge is -2.04. The molecule has 2 N–H and O–H groups in total. The van der Waals surface area contributed by atoms with E-state index >= 15 is 0 Å². The van der Waals surface area contributed by atoms with Crippen molar-refractivity contribution >= 4 is 16.9 Å². The number of fused-ring (bicyclic) bond motifs is 1. The molecule has 0 spiro atoms. The molecule has 0 fully saturated rings. The molecule has 0 amide bonds. The van der Waals surface area contributed by atoms with Gasteiger partial charge in [-0.2, -0.15) is 0 Å². The van der Waals surface area contributed by atoms with Crippen molar-refractivity contribution in [1.82, 2.24) is 19.9 Å². The molecule has 6 heteroatoms. The van der Waals surface area contributed by atoms with E-state index in [1.165, 1.54) is 12.3 Å². The first-order valence-electron chi connectivity index (χ1n) is 6.03. The van der Waals surface area contributed by atoms with Crippen molar-refractivity contribution in [1.29, 1.82) is 0 Å². The van der Waals surface area contributed by atoms with Gasteiger partial charge in [0, 0.05) is 35.1 Å². The van der Waals surface area contributed by atoms with E-state index in [0.29, 0.717) is 11.4 Å². The molecule has 0 bridgehead atoms. The van der Waals surface area contributed by atoms with Crippen LogP contribution in [0, 0.1) is 12.7 Å². The van der Waals surface area contributed by atoms with Gasteiger partial charge in [0.1, 0.15) is 11.5 Å². The number of nitrogens with zero attached hydrogens (tertiary/aromatic N) is 3. The van der Waals surface area contributed by atoms with Gasteiger partial charge in [0.25, 0.3) is 0 Å². The summed E-state index contributed by atoms with van der Waals surface area (Å²) in [6.07, 6.45) is 6.47. The summed E-state index contributed by atoms with van der Waals surface area (Å²) in [5, 5.41) is 3.47. The summed E-state index contributed by atoms with van der Waals surface area (Å²) in [5.41, 5.74) is 2.20. The quantitative estimate of drug-likeness (QED) is 0.767. The summed E-state index contributed by atoms with van der Waals surface area (Å²) in [6.45, 7) is 5.30. The number of aryl methyl sites for hydroxylation is 1. The van der Waals surface area contributed by atoms with E-state index in [-0.39, 0.29) is 5.82 Å². The maximum atomic E-state index is 13.9. The first kappa shape index (κ1) is 12.3. The number of pyridine rings is 1. The van der Waals surface area contributed by atoms with Gasteiger partial charge in [-0.3, -0.25) is 0 Å². The molecule has 0 atom stereocenters. The molecule has 0 saturated heterocycles. The van der Waals surface area contributed by atoms with Crippen LogP contribution in [0.2, 0.25) is 0 Å². The SMILES string of the molecule is C=CNc1ncc(-c2c[nH]c3nc(C)ncc23)cc1F.